The van der Waals surface area contributed by atoms with Crippen molar-refractivity contribution in [2.45, 2.75) is 32.2 Å². The summed E-state index contributed by atoms with van der Waals surface area (Å²) in [6.45, 7) is 4.06. The van der Waals surface area contributed by atoms with E-state index < -0.39 is 0 Å². The van der Waals surface area contributed by atoms with Gasteiger partial charge in [0.2, 0.25) is 5.91 Å². The molecular weight excluding hydrogens is 366 g/mol. The van der Waals surface area contributed by atoms with Gasteiger partial charge in [-0.1, -0.05) is 37.3 Å². The van der Waals surface area contributed by atoms with Crippen LogP contribution in [0.1, 0.15) is 25.3 Å². The van der Waals surface area contributed by atoms with Crippen LogP contribution in [0, 0.1) is 0 Å². The Bertz CT molecular complexity index is 785. The van der Waals surface area contributed by atoms with Gasteiger partial charge in [-0.05, 0) is 49.1 Å². The van der Waals surface area contributed by atoms with Crippen LogP contribution in [0.3, 0.4) is 0 Å². The second-order valence-corrected chi connectivity index (χ2v) is 7.32. The highest BCUT2D eigenvalue weighted by molar-refractivity contribution is 5.92. The van der Waals surface area contributed by atoms with E-state index in [1.807, 2.05) is 54.6 Å². The summed E-state index contributed by atoms with van der Waals surface area (Å²) in [5.41, 5.74) is 2.05. The lowest BCUT2D eigenvalue weighted by Crippen LogP contribution is -2.47. The van der Waals surface area contributed by atoms with Crippen molar-refractivity contribution in [2.24, 2.45) is 0 Å². The van der Waals surface area contributed by atoms with Crippen LogP contribution in [0.4, 0.5) is 5.69 Å². The first-order valence-electron chi connectivity index (χ1n) is 10.2. The first-order valence-corrected chi connectivity index (χ1v) is 10.2. The summed E-state index contributed by atoms with van der Waals surface area (Å²) in [5, 5.41) is 5.94. The summed E-state index contributed by atoms with van der Waals surface area (Å²) in [6.07, 6.45) is 2.64. The van der Waals surface area contributed by atoms with E-state index in [1.54, 1.807) is 0 Å². The number of nitrogens with one attached hydrogen (secondary N) is 2. The van der Waals surface area contributed by atoms with Crippen LogP contribution in [0.15, 0.2) is 54.6 Å². The van der Waals surface area contributed by atoms with E-state index >= 15 is 0 Å². The first kappa shape index (κ1) is 20.9. The fourth-order valence-corrected chi connectivity index (χ4v) is 3.40. The molecule has 2 N–H and O–H groups in total. The molecule has 2 aromatic carbocycles. The van der Waals surface area contributed by atoms with Gasteiger partial charge in [-0.2, -0.15) is 0 Å². The molecule has 0 saturated carbocycles. The van der Waals surface area contributed by atoms with E-state index in [0.717, 1.165) is 38.0 Å². The Kier molecular flexibility index (Phi) is 7.64. The molecule has 0 aromatic heterocycles. The Morgan fingerprint density at radius 3 is 2.34 bits per heavy atom. The lowest BCUT2D eigenvalue weighted by atomic mass is 10.1. The number of likely N-dealkylation sites (tertiary alicyclic amines) is 1. The van der Waals surface area contributed by atoms with E-state index in [4.69, 9.17) is 4.74 Å². The molecule has 0 aliphatic carbocycles. The molecule has 29 heavy (non-hydrogen) atoms. The maximum absolute atomic E-state index is 12.2. The molecule has 3 rings (SSSR count). The number of para-hydroxylation sites is 1. The molecule has 1 aliphatic rings. The number of anilines is 1. The molecule has 1 aliphatic heterocycles. The SMILES string of the molecule is CCc1ccc(OCC(=O)NC2CCN(CC(=O)Nc3ccccc3)CC2)cc1. The van der Waals surface area contributed by atoms with Crippen molar-refractivity contribution in [3.05, 3.63) is 60.2 Å². The number of piperidine rings is 1. The number of hydrogen-bond acceptors (Lipinski definition) is 4. The standard InChI is InChI=1S/C23H29N3O3/c1-2-18-8-10-21(11-9-18)29-17-23(28)25-20-12-14-26(15-13-20)16-22(27)24-19-6-4-3-5-7-19/h3-11,20H,2,12-17H2,1H3,(H,24,27)(H,25,28). The number of ether oxygens (including phenoxy) is 1. The predicted molar refractivity (Wildman–Crippen MR) is 114 cm³/mol. The highest BCUT2D eigenvalue weighted by Crippen LogP contribution is 2.13. The van der Waals surface area contributed by atoms with Crippen LogP contribution in [0.2, 0.25) is 0 Å². The molecule has 2 amide bonds. The minimum absolute atomic E-state index is 0.0128. The van der Waals surface area contributed by atoms with Gasteiger partial charge < -0.3 is 15.4 Å². The van der Waals surface area contributed by atoms with Crippen molar-refractivity contribution in [3.8, 4) is 5.75 Å². The fourth-order valence-electron chi connectivity index (χ4n) is 3.40. The van der Waals surface area contributed by atoms with Crippen molar-refractivity contribution in [2.75, 3.05) is 31.6 Å². The largest absolute Gasteiger partial charge is 0.484 e. The van der Waals surface area contributed by atoms with Gasteiger partial charge in [0.05, 0.1) is 6.54 Å². The zero-order valence-corrected chi connectivity index (χ0v) is 16.9. The molecule has 6 nitrogen and oxygen atoms in total. The minimum atomic E-state index is -0.107. The fraction of sp³-hybridized carbons (Fsp3) is 0.391. The zero-order valence-electron chi connectivity index (χ0n) is 16.9. The number of hydrogen-bond donors (Lipinski definition) is 2. The highest BCUT2D eigenvalue weighted by Gasteiger charge is 2.22. The van der Waals surface area contributed by atoms with Crippen LogP contribution in [0.25, 0.3) is 0 Å². The van der Waals surface area contributed by atoms with Crippen molar-refractivity contribution in [1.29, 1.82) is 0 Å². The Hall–Kier alpha value is -2.86. The number of nitrogens with zero attached hydrogens (tertiary/aromatic N) is 1. The number of carbonyl (C=O) groups excluding carboxylic acids is 2. The molecule has 0 atom stereocenters. The van der Waals surface area contributed by atoms with Crippen molar-refractivity contribution >= 4 is 17.5 Å². The Labute approximate surface area is 172 Å². The molecule has 154 valence electrons. The maximum Gasteiger partial charge on any atom is 0.258 e. The highest BCUT2D eigenvalue weighted by atomic mass is 16.5. The number of amides is 2. The number of carbonyl (C=O) groups is 2. The van der Waals surface area contributed by atoms with E-state index in [9.17, 15) is 9.59 Å². The van der Waals surface area contributed by atoms with Gasteiger partial charge in [0.25, 0.3) is 5.91 Å². The Balaban J connectivity index is 1.33. The molecular formula is C23H29N3O3. The normalized spacial score (nSPS) is 14.9. The molecule has 1 heterocycles. The van der Waals surface area contributed by atoms with Crippen LogP contribution < -0.4 is 15.4 Å². The molecule has 0 bridgehead atoms. The second-order valence-electron chi connectivity index (χ2n) is 7.32. The Morgan fingerprint density at radius 2 is 1.69 bits per heavy atom. The van der Waals surface area contributed by atoms with E-state index in [0.29, 0.717) is 12.3 Å². The third-order valence-electron chi connectivity index (χ3n) is 5.08. The summed E-state index contributed by atoms with van der Waals surface area (Å²) in [6, 6.07) is 17.4. The number of aryl methyl sites for hydroxylation is 1. The van der Waals surface area contributed by atoms with Gasteiger partial charge in [0.1, 0.15) is 5.75 Å². The maximum atomic E-state index is 12.2. The molecule has 0 spiro atoms. The molecule has 0 unspecified atom stereocenters. The third kappa shape index (κ3) is 6.91. The third-order valence-corrected chi connectivity index (χ3v) is 5.08. The van der Waals surface area contributed by atoms with Crippen molar-refractivity contribution in [3.63, 3.8) is 0 Å². The van der Waals surface area contributed by atoms with Gasteiger partial charge in [-0.25, -0.2) is 0 Å². The molecule has 1 saturated heterocycles. The lowest BCUT2D eigenvalue weighted by molar-refractivity contribution is -0.124. The van der Waals surface area contributed by atoms with Crippen LogP contribution in [0.5, 0.6) is 5.75 Å². The number of rotatable bonds is 8. The topological polar surface area (TPSA) is 70.7 Å². The summed E-state index contributed by atoms with van der Waals surface area (Å²) in [5.74, 6) is 0.586. The van der Waals surface area contributed by atoms with E-state index in [2.05, 4.69) is 22.5 Å². The quantitative estimate of drug-likeness (QED) is 0.721. The lowest BCUT2D eigenvalue weighted by Gasteiger charge is -2.31. The summed E-state index contributed by atoms with van der Waals surface area (Å²) in [7, 11) is 0. The first-order chi connectivity index (χ1) is 14.1. The molecule has 1 fully saturated rings. The summed E-state index contributed by atoms with van der Waals surface area (Å²) in [4.78, 5) is 26.4. The smallest absolute Gasteiger partial charge is 0.258 e. The van der Waals surface area contributed by atoms with Gasteiger partial charge in [0.15, 0.2) is 6.61 Å². The van der Waals surface area contributed by atoms with E-state index in [1.165, 1.54) is 5.56 Å². The van der Waals surface area contributed by atoms with Crippen LogP contribution >= 0.6 is 0 Å². The summed E-state index contributed by atoms with van der Waals surface area (Å²) < 4.78 is 5.56. The minimum Gasteiger partial charge on any atom is -0.484 e. The van der Waals surface area contributed by atoms with Gasteiger partial charge >= 0.3 is 0 Å². The van der Waals surface area contributed by atoms with Gasteiger partial charge in [-0.3, -0.25) is 14.5 Å². The van der Waals surface area contributed by atoms with Crippen molar-refractivity contribution in [1.82, 2.24) is 10.2 Å². The second kappa shape index (κ2) is 10.6. The monoisotopic (exact) mass is 395 g/mol. The van der Waals surface area contributed by atoms with Crippen LogP contribution in [-0.2, 0) is 16.0 Å². The molecule has 6 heteroatoms. The predicted octanol–water partition coefficient (Wildman–Crippen LogP) is 2.85. The summed E-state index contributed by atoms with van der Waals surface area (Å²) >= 11 is 0. The molecule has 0 radical (unpaired) electrons. The Morgan fingerprint density at radius 1 is 1.00 bits per heavy atom. The molecule has 2 aromatic rings. The van der Waals surface area contributed by atoms with Crippen LogP contribution in [-0.4, -0.2) is 49.0 Å². The zero-order chi connectivity index (χ0) is 20.5. The average molecular weight is 396 g/mol. The van der Waals surface area contributed by atoms with E-state index in [-0.39, 0.29) is 24.5 Å². The average Bonchev–Trinajstić information content (AvgIpc) is 2.75. The van der Waals surface area contributed by atoms with Gasteiger partial charge in [-0.15, -0.1) is 0 Å². The number of benzene rings is 2. The van der Waals surface area contributed by atoms with Gasteiger partial charge in [0, 0.05) is 24.8 Å². The van der Waals surface area contributed by atoms with Crippen molar-refractivity contribution < 1.29 is 14.3 Å².